The Morgan fingerprint density at radius 1 is 1.50 bits per heavy atom. The molecule has 0 bridgehead atoms. The Kier molecular flexibility index (Phi) is 4.24. The van der Waals surface area contributed by atoms with E-state index in [0.717, 1.165) is 16.7 Å². The van der Waals surface area contributed by atoms with E-state index in [9.17, 15) is 4.79 Å². The van der Waals surface area contributed by atoms with Crippen molar-refractivity contribution >= 4 is 27.6 Å². The fourth-order valence-corrected chi connectivity index (χ4v) is 2.75. The van der Waals surface area contributed by atoms with Gasteiger partial charge in [-0.1, -0.05) is 22.0 Å². The number of hydrogen-bond donors (Lipinski definition) is 1. The number of esters is 1. The summed E-state index contributed by atoms with van der Waals surface area (Å²) >= 11 is 3.45. The van der Waals surface area contributed by atoms with Crippen molar-refractivity contribution in [3.05, 3.63) is 28.7 Å². The van der Waals surface area contributed by atoms with Crippen LogP contribution in [0, 0.1) is 5.92 Å². The van der Waals surface area contributed by atoms with E-state index in [1.807, 2.05) is 24.3 Å². The monoisotopic (exact) mass is 312 g/mol. The van der Waals surface area contributed by atoms with Crippen LogP contribution in [-0.4, -0.2) is 32.2 Å². The first-order valence-corrected chi connectivity index (χ1v) is 6.73. The summed E-state index contributed by atoms with van der Waals surface area (Å²) in [5, 5.41) is 0. The number of anilines is 1. The van der Waals surface area contributed by atoms with Crippen molar-refractivity contribution in [3.8, 4) is 0 Å². The van der Waals surface area contributed by atoms with Crippen molar-refractivity contribution in [3.63, 3.8) is 0 Å². The van der Waals surface area contributed by atoms with Crippen LogP contribution in [0.5, 0.6) is 0 Å². The van der Waals surface area contributed by atoms with Crippen LogP contribution in [0.15, 0.2) is 28.7 Å². The molecule has 0 radical (unpaired) electrons. The molecule has 4 nitrogen and oxygen atoms in total. The molecule has 1 saturated heterocycles. The van der Waals surface area contributed by atoms with Gasteiger partial charge < -0.3 is 15.4 Å². The molecule has 0 amide bonds. The summed E-state index contributed by atoms with van der Waals surface area (Å²) in [5.41, 5.74) is 7.10. The Labute approximate surface area is 115 Å². The second-order valence-corrected chi connectivity index (χ2v) is 5.52. The number of benzene rings is 1. The van der Waals surface area contributed by atoms with Crippen molar-refractivity contribution in [2.24, 2.45) is 11.7 Å². The van der Waals surface area contributed by atoms with Crippen LogP contribution in [0.4, 0.5) is 5.69 Å². The van der Waals surface area contributed by atoms with Crippen molar-refractivity contribution in [1.82, 2.24) is 0 Å². The summed E-state index contributed by atoms with van der Waals surface area (Å²) in [7, 11) is 1.42. The number of piperidine rings is 1. The van der Waals surface area contributed by atoms with Crippen LogP contribution < -0.4 is 10.6 Å². The number of rotatable bonds is 2. The van der Waals surface area contributed by atoms with E-state index in [1.54, 1.807) is 0 Å². The van der Waals surface area contributed by atoms with E-state index >= 15 is 0 Å². The van der Waals surface area contributed by atoms with Gasteiger partial charge in [0.25, 0.3) is 0 Å². The quantitative estimate of drug-likeness (QED) is 0.846. The highest BCUT2D eigenvalue weighted by Gasteiger charge is 2.30. The zero-order valence-corrected chi connectivity index (χ0v) is 11.9. The Bertz CT molecular complexity index is 439. The minimum absolute atomic E-state index is 0.00170. The number of carbonyl (C=O) groups excluding carboxylic acids is 1. The summed E-state index contributed by atoms with van der Waals surface area (Å²) < 4.78 is 5.84. The number of nitrogens with zero attached hydrogens (tertiary/aromatic N) is 1. The van der Waals surface area contributed by atoms with E-state index < -0.39 is 0 Å². The largest absolute Gasteiger partial charge is 0.469 e. The molecule has 1 aromatic carbocycles. The van der Waals surface area contributed by atoms with Gasteiger partial charge in [-0.3, -0.25) is 4.79 Å². The standard InChI is InChI=1S/C13H17BrN2O2/c1-18-13(17)9-5-11(15)8-16(7-9)12-4-2-3-10(14)6-12/h2-4,6,9,11H,5,7-8,15H2,1H3. The molecule has 1 heterocycles. The van der Waals surface area contributed by atoms with Gasteiger partial charge in [0.05, 0.1) is 13.0 Å². The molecule has 98 valence electrons. The fraction of sp³-hybridized carbons (Fsp3) is 0.462. The molecule has 1 aliphatic rings. The fourth-order valence-electron chi connectivity index (χ4n) is 2.36. The summed E-state index contributed by atoms with van der Waals surface area (Å²) in [5.74, 6) is -0.317. The van der Waals surface area contributed by atoms with Crippen molar-refractivity contribution in [2.45, 2.75) is 12.5 Å². The van der Waals surface area contributed by atoms with E-state index in [-0.39, 0.29) is 17.9 Å². The maximum Gasteiger partial charge on any atom is 0.310 e. The van der Waals surface area contributed by atoms with Crippen LogP contribution in [0.2, 0.25) is 0 Å². The third kappa shape index (κ3) is 3.03. The zero-order valence-electron chi connectivity index (χ0n) is 10.3. The van der Waals surface area contributed by atoms with Crippen molar-refractivity contribution < 1.29 is 9.53 Å². The molecule has 2 atom stereocenters. The van der Waals surface area contributed by atoms with E-state index in [0.29, 0.717) is 13.0 Å². The summed E-state index contributed by atoms with van der Waals surface area (Å²) in [4.78, 5) is 13.8. The van der Waals surface area contributed by atoms with E-state index in [4.69, 9.17) is 10.5 Å². The molecule has 0 saturated carbocycles. The number of halogens is 1. The molecule has 18 heavy (non-hydrogen) atoms. The Morgan fingerprint density at radius 3 is 2.94 bits per heavy atom. The minimum Gasteiger partial charge on any atom is -0.469 e. The van der Waals surface area contributed by atoms with Gasteiger partial charge in [-0.2, -0.15) is 0 Å². The van der Waals surface area contributed by atoms with Gasteiger partial charge >= 0.3 is 5.97 Å². The van der Waals surface area contributed by atoms with E-state index in [2.05, 4.69) is 20.8 Å². The maximum absolute atomic E-state index is 11.6. The lowest BCUT2D eigenvalue weighted by molar-refractivity contribution is -0.145. The third-order valence-electron chi connectivity index (χ3n) is 3.19. The number of methoxy groups -OCH3 is 1. The van der Waals surface area contributed by atoms with E-state index in [1.165, 1.54) is 7.11 Å². The Hall–Kier alpha value is -1.07. The van der Waals surface area contributed by atoms with Gasteiger partial charge in [0.2, 0.25) is 0 Å². The highest BCUT2D eigenvalue weighted by molar-refractivity contribution is 9.10. The molecule has 5 heteroatoms. The molecule has 0 aliphatic carbocycles. The van der Waals surface area contributed by atoms with Crippen molar-refractivity contribution in [2.75, 3.05) is 25.1 Å². The third-order valence-corrected chi connectivity index (χ3v) is 3.68. The first-order chi connectivity index (χ1) is 8.60. The average Bonchev–Trinajstić information content (AvgIpc) is 2.37. The van der Waals surface area contributed by atoms with Gasteiger partial charge in [-0.25, -0.2) is 0 Å². The topological polar surface area (TPSA) is 55.6 Å². The van der Waals surface area contributed by atoms with Crippen LogP contribution in [-0.2, 0) is 9.53 Å². The first kappa shape index (κ1) is 13.4. The SMILES string of the molecule is COC(=O)C1CC(N)CN(c2cccc(Br)c2)C1. The number of carbonyl (C=O) groups is 1. The second-order valence-electron chi connectivity index (χ2n) is 4.60. The predicted molar refractivity (Wildman–Crippen MR) is 74.5 cm³/mol. The van der Waals surface area contributed by atoms with Gasteiger partial charge in [0.1, 0.15) is 0 Å². The minimum atomic E-state index is -0.176. The Morgan fingerprint density at radius 2 is 2.28 bits per heavy atom. The highest BCUT2D eigenvalue weighted by atomic mass is 79.9. The van der Waals surface area contributed by atoms with Crippen LogP contribution in [0.3, 0.4) is 0 Å². The zero-order chi connectivity index (χ0) is 13.1. The molecule has 0 aromatic heterocycles. The van der Waals surface area contributed by atoms with Gasteiger partial charge in [-0.15, -0.1) is 0 Å². The molecule has 0 spiro atoms. The summed E-state index contributed by atoms with van der Waals surface area (Å²) in [6, 6.07) is 8.02. The number of ether oxygens (including phenoxy) is 1. The van der Waals surface area contributed by atoms with Gasteiger partial charge in [0.15, 0.2) is 0 Å². The number of nitrogens with two attached hydrogens (primary N) is 1. The Balaban J connectivity index is 2.15. The molecule has 2 unspecified atom stereocenters. The maximum atomic E-state index is 11.6. The molecular formula is C13H17BrN2O2. The van der Waals surface area contributed by atoms with Crippen LogP contribution in [0.1, 0.15) is 6.42 Å². The van der Waals surface area contributed by atoms with Gasteiger partial charge in [0, 0.05) is 29.3 Å². The van der Waals surface area contributed by atoms with Crippen LogP contribution in [0.25, 0.3) is 0 Å². The van der Waals surface area contributed by atoms with Crippen molar-refractivity contribution in [1.29, 1.82) is 0 Å². The summed E-state index contributed by atoms with van der Waals surface area (Å²) in [6.45, 7) is 1.43. The molecule has 1 fully saturated rings. The predicted octanol–water partition coefficient (Wildman–Crippen LogP) is 1.78. The summed E-state index contributed by atoms with van der Waals surface area (Å²) in [6.07, 6.45) is 0.692. The molecular weight excluding hydrogens is 296 g/mol. The lowest BCUT2D eigenvalue weighted by atomic mass is 9.94. The number of hydrogen-bond acceptors (Lipinski definition) is 4. The lowest BCUT2D eigenvalue weighted by Gasteiger charge is -2.36. The molecule has 1 aromatic rings. The molecule has 1 aliphatic heterocycles. The first-order valence-electron chi connectivity index (χ1n) is 5.94. The van der Waals surface area contributed by atoms with Gasteiger partial charge in [-0.05, 0) is 24.6 Å². The molecule has 2 N–H and O–H groups in total. The normalized spacial score (nSPS) is 23.8. The average molecular weight is 313 g/mol. The highest BCUT2D eigenvalue weighted by Crippen LogP contribution is 2.25. The van der Waals surface area contributed by atoms with Crippen LogP contribution >= 0.6 is 15.9 Å². The smallest absolute Gasteiger partial charge is 0.310 e. The second kappa shape index (κ2) is 5.71. The molecule has 2 rings (SSSR count). The lowest BCUT2D eigenvalue weighted by Crippen LogP contribution is -2.49.